The fourth-order valence-corrected chi connectivity index (χ4v) is 3.19. The first-order valence-corrected chi connectivity index (χ1v) is 9.44. The molecular weight excluding hydrogens is 338 g/mol. The topological polar surface area (TPSA) is 90.3 Å². The van der Waals surface area contributed by atoms with E-state index in [4.69, 9.17) is 5.26 Å². The van der Waals surface area contributed by atoms with Crippen molar-refractivity contribution in [1.29, 1.82) is 5.26 Å². The zero-order chi connectivity index (χ0) is 18.4. The Balaban J connectivity index is 2.12. The molecule has 1 amide bonds. The average Bonchev–Trinajstić information content (AvgIpc) is 2.57. The largest absolute Gasteiger partial charge is 0.350 e. The van der Waals surface area contributed by atoms with Gasteiger partial charge in [0.2, 0.25) is 15.9 Å². The maximum Gasteiger partial charge on any atom is 0.241 e. The van der Waals surface area contributed by atoms with Gasteiger partial charge in [-0.3, -0.25) is 9.10 Å². The number of hydrogen-bond donors (Lipinski definition) is 1. The van der Waals surface area contributed by atoms with Crippen LogP contribution in [0.5, 0.6) is 0 Å². The molecule has 2 aromatic carbocycles. The zero-order valence-electron chi connectivity index (χ0n) is 14.1. The van der Waals surface area contributed by atoms with Gasteiger partial charge in [-0.05, 0) is 30.7 Å². The standard InChI is InChI=1S/C18H19N3O3S/c1-14-5-3-7-16(9-14)12-20-18(22)13-21(25(2,23)24)17-8-4-6-15(10-17)11-19/h3-10H,12-13H2,1-2H3,(H,20,22). The van der Waals surface area contributed by atoms with Crippen molar-refractivity contribution >= 4 is 21.6 Å². The lowest BCUT2D eigenvalue weighted by molar-refractivity contribution is -0.119. The third-order valence-corrected chi connectivity index (χ3v) is 4.66. The number of hydrogen-bond acceptors (Lipinski definition) is 4. The summed E-state index contributed by atoms with van der Waals surface area (Å²) in [6.45, 7) is 1.93. The number of sulfonamides is 1. The number of nitrogens with zero attached hydrogens (tertiary/aromatic N) is 2. The molecule has 0 aliphatic carbocycles. The van der Waals surface area contributed by atoms with Crippen LogP contribution < -0.4 is 9.62 Å². The molecule has 0 heterocycles. The normalized spacial score (nSPS) is 10.8. The van der Waals surface area contributed by atoms with Crippen LogP contribution in [0.25, 0.3) is 0 Å². The van der Waals surface area contributed by atoms with Crippen molar-refractivity contribution in [3.63, 3.8) is 0 Å². The Morgan fingerprint density at radius 1 is 1.20 bits per heavy atom. The molecule has 6 nitrogen and oxygen atoms in total. The van der Waals surface area contributed by atoms with Gasteiger partial charge in [-0.1, -0.05) is 35.9 Å². The summed E-state index contributed by atoms with van der Waals surface area (Å²) < 4.78 is 25.1. The lowest BCUT2D eigenvalue weighted by atomic mass is 10.1. The monoisotopic (exact) mass is 357 g/mol. The smallest absolute Gasteiger partial charge is 0.241 e. The number of aryl methyl sites for hydroxylation is 1. The van der Waals surface area contributed by atoms with Crippen LogP contribution in [0.2, 0.25) is 0 Å². The second kappa shape index (κ2) is 7.81. The summed E-state index contributed by atoms with van der Waals surface area (Å²) in [5, 5.41) is 11.7. The van der Waals surface area contributed by atoms with Crippen molar-refractivity contribution in [2.75, 3.05) is 17.1 Å². The van der Waals surface area contributed by atoms with E-state index < -0.39 is 15.9 Å². The van der Waals surface area contributed by atoms with Crippen LogP contribution in [0.15, 0.2) is 48.5 Å². The van der Waals surface area contributed by atoms with Crippen molar-refractivity contribution in [2.24, 2.45) is 0 Å². The van der Waals surface area contributed by atoms with E-state index in [1.165, 1.54) is 6.07 Å². The number of nitriles is 1. The van der Waals surface area contributed by atoms with Gasteiger partial charge in [0, 0.05) is 6.54 Å². The predicted octanol–water partition coefficient (Wildman–Crippen LogP) is 1.95. The minimum absolute atomic E-state index is 0.284. The highest BCUT2D eigenvalue weighted by molar-refractivity contribution is 7.92. The number of carbonyl (C=O) groups excluding carboxylic acids is 1. The first-order chi connectivity index (χ1) is 11.8. The Morgan fingerprint density at radius 2 is 1.92 bits per heavy atom. The molecule has 0 aromatic heterocycles. The highest BCUT2D eigenvalue weighted by atomic mass is 32.2. The van der Waals surface area contributed by atoms with Crippen LogP contribution in [0.1, 0.15) is 16.7 Å². The van der Waals surface area contributed by atoms with Crippen molar-refractivity contribution in [3.8, 4) is 6.07 Å². The van der Waals surface area contributed by atoms with Crippen LogP contribution in [-0.2, 0) is 21.4 Å². The highest BCUT2D eigenvalue weighted by Gasteiger charge is 2.21. The lowest BCUT2D eigenvalue weighted by Crippen LogP contribution is -2.40. The van der Waals surface area contributed by atoms with Crippen LogP contribution in [0, 0.1) is 18.3 Å². The first-order valence-electron chi connectivity index (χ1n) is 7.60. The minimum Gasteiger partial charge on any atom is -0.350 e. The molecule has 1 N–H and O–H groups in total. The van der Waals surface area contributed by atoms with E-state index in [-0.39, 0.29) is 12.2 Å². The SMILES string of the molecule is Cc1cccc(CNC(=O)CN(c2cccc(C#N)c2)S(C)(=O)=O)c1. The van der Waals surface area contributed by atoms with Crippen LogP contribution >= 0.6 is 0 Å². The number of carbonyl (C=O) groups is 1. The Morgan fingerprint density at radius 3 is 2.56 bits per heavy atom. The maximum atomic E-state index is 12.2. The molecule has 25 heavy (non-hydrogen) atoms. The summed E-state index contributed by atoms with van der Waals surface area (Å²) in [6.07, 6.45) is 1.03. The Hall–Kier alpha value is -2.85. The second-order valence-corrected chi connectivity index (χ2v) is 7.60. The first kappa shape index (κ1) is 18.5. The molecular formula is C18H19N3O3S. The van der Waals surface area contributed by atoms with E-state index in [0.717, 1.165) is 21.7 Å². The van der Waals surface area contributed by atoms with Gasteiger partial charge in [-0.25, -0.2) is 8.42 Å². The van der Waals surface area contributed by atoms with E-state index >= 15 is 0 Å². The Kier molecular flexibility index (Phi) is 5.78. The molecule has 0 saturated heterocycles. The van der Waals surface area contributed by atoms with Crippen molar-refractivity contribution < 1.29 is 13.2 Å². The Bertz CT molecular complexity index is 917. The Labute approximate surface area is 147 Å². The van der Waals surface area contributed by atoms with Gasteiger partial charge in [0.05, 0.1) is 23.6 Å². The van der Waals surface area contributed by atoms with Gasteiger partial charge in [-0.15, -0.1) is 0 Å². The molecule has 0 aliphatic rings. The van der Waals surface area contributed by atoms with E-state index in [2.05, 4.69) is 5.32 Å². The summed E-state index contributed by atoms with van der Waals surface area (Å²) in [5.41, 5.74) is 2.63. The molecule has 0 aliphatic heterocycles. The third kappa shape index (κ3) is 5.33. The van der Waals surface area contributed by atoms with E-state index in [1.54, 1.807) is 18.2 Å². The van der Waals surface area contributed by atoms with Crippen molar-refractivity contribution in [1.82, 2.24) is 5.32 Å². The predicted molar refractivity (Wildman–Crippen MR) is 96.4 cm³/mol. The average molecular weight is 357 g/mol. The van der Waals surface area contributed by atoms with E-state index in [1.807, 2.05) is 37.3 Å². The molecule has 130 valence electrons. The van der Waals surface area contributed by atoms with Gasteiger partial charge >= 0.3 is 0 Å². The molecule has 2 aromatic rings. The second-order valence-electron chi connectivity index (χ2n) is 5.70. The molecule has 0 saturated carbocycles. The van der Waals surface area contributed by atoms with E-state index in [9.17, 15) is 13.2 Å². The number of nitrogens with one attached hydrogen (secondary N) is 1. The van der Waals surface area contributed by atoms with Crippen LogP contribution in [0.3, 0.4) is 0 Å². The minimum atomic E-state index is -3.66. The summed E-state index contributed by atoms with van der Waals surface area (Å²) in [6, 6.07) is 15.8. The van der Waals surface area contributed by atoms with Crippen molar-refractivity contribution in [3.05, 3.63) is 65.2 Å². The summed E-state index contributed by atoms with van der Waals surface area (Å²) in [7, 11) is -3.66. The molecule has 2 rings (SSSR count). The third-order valence-electron chi connectivity index (χ3n) is 3.52. The van der Waals surface area contributed by atoms with Gasteiger partial charge < -0.3 is 5.32 Å². The van der Waals surface area contributed by atoms with Gasteiger partial charge in [0.15, 0.2) is 0 Å². The number of rotatable bonds is 6. The molecule has 0 bridgehead atoms. The molecule has 0 spiro atoms. The molecule has 7 heteroatoms. The summed E-state index contributed by atoms with van der Waals surface area (Å²) in [5.74, 6) is -0.422. The fraction of sp³-hybridized carbons (Fsp3) is 0.222. The lowest BCUT2D eigenvalue weighted by Gasteiger charge is -2.22. The quantitative estimate of drug-likeness (QED) is 0.855. The number of benzene rings is 2. The van der Waals surface area contributed by atoms with E-state index in [0.29, 0.717) is 12.1 Å². The number of amides is 1. The van der Waals surface area contributed by atoms with Crippen LogP contribution in [0.4, 0.5) is 5.69 Å². The molecule has 0 atom stereocenters. The summed E-state index contributed by atoms with van der Waals surface area (Å²) >= 11 is 0. The van der Waals surface area contributed by atoms with Gasteiger partial charge in [0.1, 0.15) is 6.54 Å². The van der Waals surface area contributed by atoms with Crippen molar-refractivity contribution in [2.45, 2.75) is 13.5 Å². The molecule has 0 radical (unpaired) electrons. The molecule has 0 fully saturated rings. The fourth-order valence-electron chi connectivity index (χ4n) is 2.34. The van der Waals surface area contributed by atoms with Crippen LogP contribution in [-0.4, -0.2) is 27.1 Å². The van der Waals surface area contributed by atoms with Gasteiger partial charge in [-0.2, -0.15) is 5.26 Å². The zero-order valence-corrected chi connectivity index (χ0v) is 14.9. The maximum absolute atomic E-state index is 12.2. The highest BCUT2D eigenvalue weighted by Crippen LogP contribution is 2.18. The summed E-state index contributed by atoms with van der Waals surface area (Å²) in [4.78, 5) is 12.2. The number of anilines is 1. The molecule has 0 unspecified atom stereocenters. The van der Waals surface area contributed by atoms with Gasteiger partial charge in [0.25, 0.3) is 0 Å².